The maximum atomic E-state index is 15.0. The highest BCUT2D eigenvalue weighted by Gasteiger charge is 2.40. The summed E-state index contributed by atoms with van der Waals surface area (Å²) in [5.41, 5.74) is 2.37. The third-order valence-electron chi connectivity index (χ3n) is 6.71. The predicted octanol–water partition coefficient (Wildman–Crippen LogP) is 3.50. The first-order valence-electron chi connectivity index (χ1n) is 12.5. The Labute approximate surface area is 222 Å². The number of nitrogens with one attached hydrogen (secondary N) is 2. The number of oxazole rings is 1. The highest BCUT2D eigenvalue weighted by Crippen LogP contribution is 2.29. The molecule has 1 aromatic carbocycles. The molecule has 202 valence electrons. The minimum absolute atomic E-state index is 0.0846. The van der Waals surface area contributed by atoms with Crippen molar-refractivity contribution in [3.8, 4) is 11.3 Å². The summed E-state index contributed by atoms with van der Waals surface area (Å²) in [6.45, 7) is 3.51. The number of hydrogen-bond acceptors (Lipinski definition) is 7. The molecule has 5 rings (SSSR count). The van der Waals surface area contributed by atoms with E-state index in [2.05, 4.69) is 30.7 Å². The molecule has 2 N–H and O–H groups in total. The zero-order valence-electron chi connectivity index (χ0n) is 21.3. The van der Waals surface area contributed by atoms with Crippen molar-refractivity contribution in [3.63, 3.8) is 0 Å². The van der Waals surface area contributed by atoms with Gasteiger partial charge in [-0.25, -0.2) is 14.4 Å². The summed E-state index contributed by atoms with van der Waals surface area (Å²) in [4.78, 5) is 35.9. The van der Waals surface area contributed by atoms with Gasteiger partial charge in [-0.2, -0.15) is 19.8 Å². The fourth-order valence-corrected chi connectivity index (χ4v) is 4.72. The second-order valence-electron chi connectivity index (χ2n) is 9.74. The van der Waals surface area contributed by atoms with Gasteiger partial charge < -0.3 is 14.6 Å². The molecule has 3 unspecified atom stereocenters. The Hall–Kier alpha value is -4.48. The molecule has 0 spiro atoms. The Bertz CT molecular complexity index is 1440. The zero-order chi connectivity index (χ0) is 27.5. The number of pyridine rings is 1. The zero-order valence-corrected chi connectivity index (χ0v) is 21.3. The van der Waals surface area contributed by atoms with Crippen molar-refractivity contribution in [2.75, 3.05) is 6.54 Å². The lowest BCUT2D eigenvalue weighted by molar-refractivity contribution is -0.138. The summed E-state index contributed by atoms with van der Waals surface area (Å²) in [5, 5.41) is 12.9. The standard InChI is InChI=1S/C27H27F2N7O3/c1-15(2)20-6-7-21(32-26(20)29)25(17-5-3-4-16(8-17)23-12-30-14-39-23)33-27(38)22-9-18(28)13-36(22)24(37)10-19-11-31-35-34-19/h3-8,11-12,14-15,18,22,25H,9-10,13H2,1-2H3,(H,33,38)(H,31,34,35). The number of H-pyrrole nitrogens is 1. The number of alkyl halides is 1. The molecule has 1 saturated heterocycles. The third-order valence-corrected chi connectivity index (χ3v) is 6.71. The van der Waals surface area contributed by atoms with Crippen LogP contribution >= 0.6 is 0 Å². The molecular formula is C27H27F2N7O3. The van der Waals surface area contributed by atoms with Gasteiger partial charge in [-0.3, -0.25) is 9.59 Å². The summed E-state index contributed by atoms with van der Waals surface area (Å²) in [6.07, 6.45) is 2.61. The minimum Gasteiger partial charge on any atom is -0.444 e. The minimum atomic E-state index is -1.36. The maximum Gasteiger partial charge on any atom is 0.243 e. The number of amides is 2. The SMILES string of the molecule is CC(C)c1ccc(C(NC(=O)C2CC(F)CN2C(=O)Cc2cn[nH]n2)c2cccc(-c3cnco3)c2)nc1F. The van der Waals surface area contributed by atoms with E-state index in [-0.39, 0.29) is 31.0 Å². The third kappa shape index (κ3) is 5.69. The average Bonchev–Trinajstić information content (AvgIpc) is 3.69. The molecule has 1 aliphatic heterocycles. The van der Waals surface area contributed by atoms with E-state index in [1.807, 2.05) is 19.9 Å². The molecular weight excluding hydrogens is 508 g/mol. The van der Waals surface area contributed by atoms with Gasteiger partial charge in [0.05, 0.1) is 42.8 Å². The van der Waals surface area contributed by atoms with Crippen molar-refractivity contribution in [3.05, 3.63) is 83.6 Å². The van der Waals surface area contributed by atoms with Gasteiger partial charge in [-0.15, -0.1) is 0 Å². The van der Waals surface area contributed by atoms with Crippen LogP contribution in [0.15, 0.2) is 59.6 Å². The molecule has 1 aliphatic rings. The summed E-state index contributed by atoms with van der Waals surface area (Å²) in [5.74, 6) is -1.23. The van der Waals surface area contributed by atoms with Crippen LogP contribution in [-0.4, -0.2) is 60.9 Å². The average molecular weight is 536 g/mol. The van der Waals surface area contributed by atoms with Gasteiger partial charge in [-0.1, -0.05) is 38.1 Å². The van der Waals surface area contributed by atoms with Gasteiger partial charge in [0, 0.05) is 17.5 Å². The summed E-state index contributed by atoms with van der Waals surface area (Å²) in [6, 6.07) is 8.48. The molecule has 2 amide bonds. The number of aromatic nitrogens is 5. The van der Waals surface area contributed by atoms with Crippen LogP contribution in [0.2, 0.25) is 0 Å². The number of benzene rings is 1. The van der Waals surface area contributed by atoms with Crippen LogP contribution in [0.1, 0.15) is 54.7 Å². The maximum absolute atomic E-state index is 15.0. The van der Waals surface area contributed by atoms with Gasteiger partial charge in [0.2, 0.25) is 17.8 Å². The summed E-state index contributed by atoms with van der Waals surface area (Å²) >= 11 is 0. The quantitative estimate of drug-likeness (QED) is 0.330. The van der Waals surface area contributed by atoms with Crippen LogP contribution in [0.4, 0.5) is 8.78 Å². The van der Waals surface area contributed by atoms with E-state index in [9.17, 15) is 18.4 Å². The van der Waals surface area contributed by atoms with E-state index in [0.29, 0.717) is 28.1 Å². The Morgan fingerprint density at radius 3 is 2.77 bits per heavy atom. The predicted molar refractivity (Wildman–Crippen MR) is 135 cm³/mol. The van der Waals surface area contributed by atoms with Gasteiger partial charge in [0.25, 0.3) is 0 Å². The largest absolute Gasteiger partial charge is 0.444 e. The van der Waals surface area contributed by atoms with E-state index in [1.165, 1.54) is 17.5 Å². The Balaban J connectivity index is 1.46. The van der Waals surface area contributed by atoms with Gasteiger partial charge >= 0.3 is 0 Å². The number of halogens is 2. The van der Waals surface area contributed by atoms with Crippen molar-refractivity contribution >= 4 is 11.8 Å². The highest BCUT2D eigenvalue weighted by molar-refractivity contribution is 5.89. The van der Waals surface area contributed by atoms with Crippen LogP contribution in [0.5, 0.6) is 0 Å². The van der Waals surface area contributed by atoms with E-state index in [4.69, 9.17) is 4.42 Å². The lowest BCUT2D eigenvalue weighted by Gasteiger charge is -2.26. The Morgan fingerprint density at radius 2 is 2.08 bits per heavy atom. The van der Waals surface area contributed by atoms with Gasteiger partial charge in [0.15, 0.2) is 12.2 Å². The van der Waals surface area contributed by atoms with Crippen LogP contribution in [-0.2, 0) is 16.0 Å². The van der Waals surface area contributed by atoms with Crippen molar-refractivity contribution in [2.24, 2.45) is 0 Å². The Kier molecular flexibility index (Phi) is 7.44. The first kappa shape index (κ1) is 26.1. The number of carbonyl (C=O) groups excluding carboxylic acids is 2. The van der Waals surface area contributed by atoms with E-state index < -0.39 is 36.0 Å². The molecule has 4 aromatic rings. The first-order chi connectivity index (χ1) is 18.8. The van der Waals surface area contributed by atoms with Crippen molar-refractivity contribution in [1.82, 2.24) is 35.6 Å². The second kappa shape index (κ2) is 11.1. The molecule has 3 atom stereocenters. The van der Waals surface area contributed by atoms with E-state index >= 15 is 0 Å². The number of hydrogen-bond donors (Lipinski definition) is 2. The van der Waals surface area contributed by atoms with Crippen LogP contribution in [0.3, 0.4) is 0 Å². The molecule has 4 heterocycles. The fourth-order valence-electron chi connectivity index (χ4n) is 4.72. The summed E-state index contributed by atoms with van der Waals surface area (Å²) in [7, 11) is 0. The Morgan fingerprint density at radius 1 is 1.23 bits per heavy atom. The summed E-state index contributed by atoms with van der Waals surface area (Å²) < 4.78 is 34.9. The molecule has 0 aliphatic carbocycles. The first-order valence-corrected chi connectivity index (χ1v) is 12.5. The number of likely N-dealkylation sites (tertiary alicyclic amines) is 1. The number of nitrogens with zero attached hydrogens (tertiary/aromatic N) is 5. The number of rotatable bonds is 8. The second-order valence-corrected chi connectivity index (χ2v) is 9.74. The van der Waals surface area contributed by atoms with Crippen LogP contribution < -0.4 is 5.32 Å². The van der Waals surface area contributed by atoms with Crippen molar-refractivity contribution < 1.29 is 22.8 Å². The molecule has 0 radical (unpaired) electrons. The van der Waals surface area contributed by atoms with Crippen molar-refractivity contribution in [2.45, 2.75) is 50.9 Å². The van der Waals surface area contributed by atoms with Gasteiger partial charge in [-0.05, 0) is 23.6 Å². The van der Waals surface area contributed by atoms with E-state index in [1.54, 1.807) is 36.5 Å². The normalized spacial score (nSPS) is 17.9. The topological polar surface area (TPSA) is 130 Å². The lowest BCUT2D eigenvalue weighted by atomic mass is 9.97. The molecule has 10 nitrogen and oxygen atoms in total. The smallest absolute Gasteiger partial charge is 0.243 e. The van der Waals surface area contributed by atoms with Crippen LogP contribution in [0.25, 0.3) is 11.3 Å². The van der Waals surface area contributed by atoms with Gasteiger partial charge in [0.1, 0.15) is 12.2 Å². The number of aromatic amines is 1. The molecule has 1 fully saturated rings. The highest BCUT2D eigenvalue weighted by atomic mass is 19.1. The molecule has 0 bridgehead atoms. The molecule has 39 heavy (non-hydrogen) atoms. The molecule has 12 heteroatoms. The monoisotopic (exact) mass is 535 g/mol. The molecule has 0 saturated carbocycles. The van der Waals surface area contributed by atoms with Crippen molar-refractivity contribution in [1.29, 1.82) is 0 Å². The molecule has 3 aromatic heterocycles. The van der Waals surface area contributed by atoms with E-state index in [0.717, 1.165) is 0 Å². The lowest BCUT2D eigenvalue weighted by Crippen LogP contribution is -2.47. The van der Waals surface area contributed by atoms with Crippen LogP contribution in [0, 0.1) is 5.95 Å². The fraction of sp³-hybridized carbons (Fsp3) is 0.333. The number of carbonyl (C=O) groups is 2.